The number of carbonyl (C=O) groups excluding carboxylic acids is 2. The minimum absolute atomic E-state index is 0.00316. The quantitative estimate of drug-likeness (QED) is 0.764. The standard InChI is InChI=1S/C16H19N3O4S/c1-11-9-13-5-3-6-14(16(13)18-10-11)24(22,23)19-15(21)7-4-8-17-12(2)20/h3,5-6,9-10H,4,7-8H2,1-2H3,(H,17,20)(H,19,21). The van der Waals surface area contributed by atoms with Gasteiger partial charge in [0, 0.05) is 31.5 Å². The van der Waals surface area contributed by atoms with Gasteiger partial charge in [-0.25, -0.2) is 13.1 Å². The number of amides is 2. The van der Waals surface area contributed by atoms with Crippen LogP contribution in [0.15, 0.2) is 35.4 Å². The van der Waals surface area contributed by atoms with Gasteiger partial charge >= 0.3 is 0 Å². The van der Waals surface area contributed by atoms with Crippen molar-refractivity contribution in [1.29, 1.82) is 0 Å². The smallest absolute Gasteiger partial charge is 0.266 e. The van der Waals surface area contributed by atoms with Gasteiger partial charge in [0.05, 0.1) is 5.52 Å². The molecule has 0 aliphatic rings. The predicted octanol–water partition coefficient (Wildman–Crippen LogP) is 1.26. The fraction of sp³-hybridized carbons (Fsp3) is 0.312. The topological polar surface area (TPSA) is 105 Å². The van der Waals surface area contributed by atoms with Crippen LogP contribution in [0.5, 0.6) is 0 Å². The third kappa shape index (κ3) is 4.51. The third-order valence-corrected chi connectivity index (χ3v) is 4.71. The maximum atomic E-state index is 12.4. The Morgan fingerprint density at radius 2 is 2.00 bits per heavy atom. The van der Waals surface area contributed by atoms with Crippen molar-refractivity contribution >= 4 is 32.7 Å². The maximum Gasteiger partial charge on any atom is 0.266 e. The molecule has 1 aromatic heterocycles. The van der Waals surface area contributed by atoms with E-state index in [1.54, 1.807) is 18.3 Å². The molecular formula is C16H19N3O4S. The molecule has 0 atom stereocenters. The van der Waals surface area contributed by atoms with Gasteiger partial charge in [-0.05, 0) is 31.0 Å². The molecule has 0 aliphatic heterocycles. The van der Waals surface area contributed by atoms with Crippen LogP contribution in [0.2, 0.25) is 0 Å². The molecule has 0 spiro atoms. The second kappa shape index (κ2) is 7.39. The molecule has 0 saturated heterocycles. The van der Waals surface area contributed by atoms with Gasteiger partial charge in [-0.2, -0.15) is 0 Å². The summed E-state index contributed by atoms with van der Waals surface area (Å²) in [5.41, 5.74) is 1.24. The molecule has 2 rings (SSSR count). The van der Waals surface area contributed by atoms with E-state index in [1.165, 1.54) is 13.0 Å². The zero-order valence-corrected chi connectivity index (χ0v) is 14.3. The number of para-hydroxylation sites is 1. The molecule has 2 aromatic rings. The van der Waals surface area contributed by atoms with Gasteiger partial charge < -0.3 is 5.32 Å². The van der Waals surface area contributed by atoms with Crippen molar-refractivity contribution < 1.29 is 18.0 Å². The highest BCUT2D eigenvalue weighted by Crippen LogP contribution is 2.21. The average Bonchev–Trinajstić information content (AvgIpc) is 2.50. The van der Waals surface area contributed by atoms with Crippen LogP contribution in [-0.2, 0) is 19.6 Å². The summed E-state index contributed by atoms with van der Waals surface area (Å²) in [6.45, 7) is 3.56. The molecule has 2 amide bonds. The molecule has 8 heteroatoms. The molecule has 128 valence electrons. The van der Waals surface area contributed by atoms with Crippen LogP contribution >= 0.6 is 0 Å². The van der Waals surface area contributed by atoms with E-state index in [2.05, 4.69) is 10.3 Å². The number of benzene rings is 1. The van der Waals surface area contributed by atoms with Crippen LogP contribution in [0.4, 0.5) is 0 Å². The number of fused-ring (bicyclic) bond motifs is 1. The minimum Gasteiger partial charge on any atom is -0.356 e. The Morgan fingerprint density at radius 1 is 1.25 bits per heavy atom. The largest absolute Gasteiger partial charge is 0.356 e. The van der Waals surface area contributed by atoms with E-state index in [0.717, 1.165) is 5.56 Å². The summed E-state index contributed by atoms with van der Waals surface area (Å²) in [6.07, 6.45) is 1.93. The Hall–Kier alpha value is -2.48. The van der Waals surface area contributed by atoms with Crippen molar-refractivity contribution in [3.05, 3.63) is 36.0 Å². The summed E-state index contributed by atoms with van der Waals surface area (Å²) in [7, 11) is -4.00. The number of hydrogen-bond acceptors (Lipinski definition) is 5. The van der Waals surface area contributed by atoms with E-state index in [0.29, 0.717) is 23.9 Å². The lowest BCUT2D eigenvalue weighted by atomic mass is 10.2. The summed E-state index contributed by atoms with van der Waals surface area (Å²) < 4.78 is 26.9. The molecule has 24 heavy (non-hydrogen) atoms. The molecule has 7 nitrogen and oxygen atoms in total. The fourth-order valence-corrected chi connectivity index (χ4v) is 3.42. The van der Waals surface area contributed by atoms with Crippen molar-refractivity contribution in [2.24, 2.45) is 0 Å². The number of aromatic nitrogens is 1. The lowest BCUT2D eigenvalue weighted by Gasteiger charge is -2.09. The number of carbonyl (C=O) groups is 2. The van der Waals surface area contributed by atoms with Gasteiger partial charge in [-0.3, -0.25) is 14.6 Å². The molecule has 0 aliphatic carbocycles. The zero-order chi connectivity index (χ0) is 17.7. The van der Waals surface area contributed by atoms with Crippen molar-refractivity contribution in [3.63, 3.8) is 0 Å². The second-order valence-corrected chi connectivity index (χ2v) is 7.11. The highest BCUT2D eigenvalue weighted by atomic mass is 32.2. The Balaban J connectivity index is 2.13. The molecule has 0 radical (unpaired) electrons. The van der Waals surface area contributed by atoms with E-state index >= 15 is 0 Å². The van der Waals surface area contributed by atoms with E-state index < -0.39 is 15.9 Å². The molecule has 0 saturated carbocycles. The fourth-order valence-electron chi connectivity index (χ4n) is 2.23. The van der Waals surface area contributed by atoms with Crippen molar-refractivity contribution in [3.8, 4) is 0 Å². The van der Waals surface area contributed by atoms with Crippen LogP contribution in [0.3, 0.4) is 0 Å². The lowest BCUT2D eigenvalue weighted by Crippen LogP contribution is -2.31. The van der Waals surface area contributed by atoms with Gasteiger partial charge in [0.2, 0.25) is 11.8 Å². The van der Waals surface area contributed by atoms with Crippen LogP contribution in [-0.4, -0.2) is 31.8 Å². The monoisotopic (exact) mass is 349 g/mol. The summed E-state index contributed by atoms with van der Waals surface area (Å²) in [5.74, 6) is -0.815. The van der Waals surface area contributed by atoms with Crippen LogP contribution in [0.25, 0.3) is 10.9 Å². The molecule has 0 fully saturated rings. The van der Waals surface area contributed by atoms with Gasteiger partial charge in [-0.15, -0.1) is 0 Å². The predicted molar refractivity (Wildman–Crippen MR) is 89.7 cm³/mol. The third-order valence-electron chi connectivity index (χ3n) is 3.30. The van der Waals surface area contributed by atoms with Crippen LogP contribution < -0.4 is 10.0 Å². The van der Waals surface area contributed by atoms with Gasteiger partial charge in [0.15, 0.2) is 0 Å². The SMILES string of the molecule is CC(=O)NCCCC(=O)NS(=O)(=O)c1cccc2cc(C)cnc12. The Bertz CT molecular complexity index is 878. The Labute approximate surface area is 140 Å². The van der Waals surface area contributed by atoms with Crippen molar-refractivity contribution in [2.75, 3.05) is 6.54 Å². The number of sulfonamides is 1. The van der Waals surface area contributed by atoms with Gasteiger partial charge in [0.25, 0.3) is 10.0 Å². The number of rotatable bonds is 6. The van der Waals surface area contributed by atoms with E-state index in [-0.39, 0.29) is 17.2 Å². The number of nitrogens with one attached hydrogen (secondary N) is 2. The lowest BCUT2D eigenvalue weighted by molar-refractivity contribution is -0.121. The summed E-state index contributed by atoms with van der Waals surface area (Å²) in [5, 5.41) is 3.24. The summed E-state index contributed by atoms with van der Waals surface area (Å²) in [4.78, 5) is 26.7. The maximum absolute atomic E-state index is 12.4. The highest BCUT2D eigenvalue weighted by Gasteiger charge is 2.20. The molecule has 0 unspecified atom stereocenters. The first kappa shape index (κ1) is 17.9. The van der Waals surface area contributed by atoms with Crippen LogP contribution in [0, 0.1) is 6.92 Å². The molecule has 1 aromatic carbocycles. The summed E-state index contributed by atoms with van der Waals surface area (Å²) in [6, 6.07) is 6.62. The highest BCUT2D eigenvalue weighted by molar-refractivity contribution is 7.90. The first-order chi connectivity index (χ1) is 11.3. The number of nitrogens with zero attached hydrogens (tertiary/aromatic N) is 1. The first-order valence-corrected chi connectivity index (χ1v) is 8.93. The minimum atomic E-state index is -4.00. The number of aryl methyl sites for hydroxylation is 1. The second-order valence-electron chi connectivity index (χ2n) is 5.46. The van der Waals surface area contributed by atoms with Gasteiger partial charge in [0.1, 0.15) is 4.90 Å². The van der Waals surface area contributed by atoms with E-state index in [4.69, 9.17) is 0 Å². The first-order valence-electron chi connectivity index (χ1n) is 7.45. The van der Waals surface area contributed by atoms with Crippen LogP contribution in [0.1, 0.15) is 25.3 Å². The number of pyridine rings is 1. The van der Waals surface area contributed by atoms with Crippen molar-refractivity contribution in [1.82, 2.24) is 15.0 Å². The molecule has 2 N–H and O–H groups in total. The number of hydrogen-bond donors (Lipinski definition) is 2. The van der Waals surface area contributed by atoms with E-state index in [9.17, 15) is 18.0 Å². The zero-order valence-electron chi connectivity index (χ0n) is 13.5. The Kier molecular flexibility index (Phi) is 5.50. The Morgan fingerprint density at radius 3 is 2.71 bits per heavy atom. The molecule has 0 bridgehead atoms. The molecule has 1 heterocycles. The van der Waals surface area contributed by atoms with Gasteiger partial charge in [-0.1, -0.05) is 12.1 Å². The molecular weight excluding hydrogens is 330 g/mol. The van der Waals surface area contributed by atoms with E-state index in [1.807, 2.05) is 17.7 Å². The average molecular weight is 349 g/mol. The van der Waals surface area contributed by atoms with Crippen molar-refractivity contribution in [2.45, 2.75) is 31.6 Å². The summed E-state index contributed by atoms with van der Waals surface area (Å²) >= 11 is 0. The normalized spacial score (nSPS) is 11.2.